The van der Waals surface area contributed by atoms with Crippen LogP contribution in [0.2, 0.25) is 0 Å². The number of aliphatic hydroxyl groups excluding tert-OH is 3. The summed E-state index contributed by atoms with van der Waals surface area (Å²) in [5.74, 6) is 1.09. The van der Waals surface area contributed by atoms with Crippen molar-refractivity contribution in [2.24, 2.45) is 46.3 Å². The number of hydrogen-bond acceptors (Lipinski definition) is 6. The quantitative estimate of drug-likeness (QED) is 0.385. The second-order valence-electron chi connectivity index (χ2n) is 13.7. The van der Waals surface area contributed by atoms with Gasteiger partial charge in [0.2, 0.25) is 5.91 Å². The monoisotopic (exact) mass is 541 g/mol. The Morgan fingerprint density at radius 2 is 1.85 bits per heavy atom. The summed E-state index contributed by atoms with van der Waals surface area (Å²) in [6, 6.07) is 6.76. The van der Waals surface area contributed by atoms with Crippen molar-refractivity contribution >= 4 is 17.6 Å². The normalized spacial score (nSPS) is 42.0. The van der Waals surface area contributed by atoms with E-state index in [4.69, 9.17) is 4.74 Å². The van der Waals surface area contributed by atoms with Gasteiger partial charge in [-0.05, 0) is 116 Å². The van der Waals surface area contributed by atoms with E-state index in [1.54, 1.807) is 24.3 Å². The van der Waals surface area contributed by atoms with E-state index in [0.29, 0.717) is 29.5 Å². The lowest BCUT2D eigenvalue weighted by molar-refractivity contribution is -0.207. The van der Waals surface area contributed by atoms with Gasteiger partial charge in [0.25, 0.3) is 0 Å². The zero-order valence-electron chi connectivity index (χ0n) is 23.9. The minimum atomic E-state index is -0.439. The lowest BCUT2D eigenvalue weighted by Gasteiger charge is -2.63. The van der Waals surface area contributed by atoms with E-state index in [2.05, 4.69) is 26.1 Å². The molecule has 7 heteroatoms. The summed E-state index contributed by atoms with van der Waals surface area (Å²) in [6.45, 7) is 6.81. The smallest absolute Gasteiger partial charge is 0.337 e. The molecule has 11 atom stereocenters. The summed E-state index contributed by atoms with van der Waals surface area (Å²) < 4.78 is 4.77. The maximum absolute atomic E-state index is 12.8. The van der Waals surface area contributed by atoms with Gasteiger partial charge in [-0.2, -0.15) is 0 Å². The van der Waals surface area contributed by atoms with E-state index in [1.165, 1.54) is 7.11 Å². The van der Waals surface area contributed by atoms with Gasteiger partial charge in [-0.15, -0.1) is 0 Å². The molecule has 39 heavy (non-hydrogen) atoms. The molecule has 5 rings (SSSR count). The van der Waals surface area contributed by atoms with Crippen LogP contribution in [0.1, 0.15) is 88.9 Å². The number of benzene rings is 1. The molecule has 5 unspecified atom stereocenters. The van der Waals surface area contributed by atoms with E-state index in [1.807, 2.05) is 0 Å². The molecule has 4 saturated carbocycles. The zero-order valence-corrected chi connectivity index (χ0v) is 23.9. The maximum Gasteiger partial charge on any atom is 0.337 e. The lowest BCUT2D eigenvalue weighted by Crippen LogP contribution is -2.62. The Hall–Kier alpha value is -1.96. The highest BCUT2D eigenvalue weighted by atomic mass is 16.5. The highest BCUT2D eigenvalue weighted by molar-refractivity contribution is 5.94. The number of rotatable bonds is 6. The van der Waals surface area contributed by atoms with Gasteiger partial charge < -0.3 is 25.4 Å². The standard InChI is InChI=1S/C32H47NO6/c1-18(8-11-28(37)33-21-7-5-6-19(14-21)30(38)39-4)23-9-10-24-29-25(17-27(36)32(23,24)3)31(2)13-12-22(34)15-20(31)16-26(29)35/h5-7,14,18,20,22-27,29,34-36H,8-13,15-17H2,1-4H3,(H,33,37)/t18?,20?,22-,23-,24?,25?,26-,27+,29?,31+,32-/m1/s1. The van der Waals surface area contributed by atoms with Gasteiger partial charge in [0, 0.05) is 12.1 Å². The van der Waals surface area contributed by atoms with Gasteiger partial charge in [-0.1, -0.05) is 26.8 Å². The number of carbonyl (C=O) groups excluding carboxylic acids is 2. The highest BCUT2D eigenvalue weighted by Crippen LogP contribution is 2.68. The van der Waals surface area contributed by atoms with Gasteiger partial charge >= 0.3 is 5.97 Å². The predicted molar refractivity (Wildman–Crippen MR) is 149 cm³/mol. The first-order chi connectivity index (χ1) is 18.5. The topological polar surface area (TPSA) is 116 Å². The molecule has 0 aliphatic heterocycles. The third-order valence-corrected chi connectivity index (χ3v) is 11.9. The third kappa shape index (κ3) is 4.93. The predicted octanol–water partition coefficient (Wildman–Crippen LogP) is 4.79. The average Bonchev–Trinajstić information content (AvgIpc) is 3.27. The highest BCUT2D eigenvalue weighted by Gasteiger charge is 2.65. The molecule has 0 heterocycles. The van der Waals surface area contributed by atoms with E-state index in [0.717, 1.165) is 51.4 Å². The molecule has 0 saturated heterocycles. The van der Waals surface area contributed by atoms with Crippen molar-refractivity contribution < 1.29 is 29.6 Å². The lowest BCUT2D eigenvalue weighted by atomic mass is 9.43. The van der Waals surface area contributed by atoms with Crippen LogP contribution in [-0.2, 0) is 9.53 Å². The summed E-state index contributed by atoms with van der Waals surface area (Å²) in [5.41, 5.74) is 0.765. The first-order valence-electron chi connectivity index (χ1n) is 15.0. The molecule has 0 aromatic heterocycles. The molecular weight excluding hydrogens is 494 g/mol. The van der Waals surface area contributed by atoms with Crippen LogP contribution in [-0.4, -0.2) is 52.6 Å². The SMILES string of the molecule is COC(=O)c1cccc(NC(=O)CCC(C)[C@H]2CCC3C4C(C[C@H](O)[C@@]32C)[C@@]2(C)CC[C@@H](O)CC2C[C@H]4O)c1. The minimum absolute atomic E-state index is 0.0679. The van der Waals surface area contributed by atoms with Crippen LogP contribution >= 0.6 is 0 Å². The maximum atomic E-state index is 12.8. The van der Waals surface area contributed by atoms with Crippen LogP contribution in [0.4, 0.5) is 5.69 Å². The molecular formula is C32H47NO6. The molecule has 4 aliphatic rings. The van der Waals surface area contributed by atoms with Crippen molar-refractivity contribution in [1.29, 1.82) is 0 Å². The van der Waals surface area contributed by atoms with Crippen molar-refractivity contribution in [1.82, 2.24) is 0 Å². The average molecular weight is 542 g/mol. The molecule has 0 bridgehead atoms. The Balaban J connectivity index is 1.25. The number of ether oxygens (including phenoxy) is 1. The fraction of sp³-hybridized carbons (Fsp3) is 0.750. The Labute approximate surface area is 232 Å². The number of amides is 1. The molecule has 0 radical (unpaired) electrons. The van der Waals surface area contributed by atoms with E-state index in [-0.39, 0.29) is 52.6 Å². The van der Waals surface area contributed by atoms with E-state index < -0.39 is 12.1 Å². The fourth-order valence-corrected chi connectivity index (χ4v) is 9.76. The van der Waals surface area contributed by atoms with Crippen molar-refractivity contribution in [2.75, 3.05) is 12.4 Å². The number of fused-ring (bicyclic) bond motifs is 5. The van der Waals surface area contributed by atoms with Gasteiger partial charge in [-0.25, -0.2) is 4.79 Å². The second kappa shape index (κ2) is 10.8. The Bertz CT molecular complexity index is 1080. The molecule has 4 fully saturated rings. The number of esters is 1. The van der Waals surface area contributed by atoms with Crippen LogP contribution in [0, 0.1) is 46.3 Å². The molecule has 1 aromatic rings. The van der Waals surface area contributed by atoms with Crippen molar-refractivity contribution in [3.63, 3.8) is 0 Å². The number of anilines is 1. The van der Waals surface area contributed by atoms with Gasteiger partial charge in [0.05, 0.1) is 31.0 Å². The number of hydrogen-bond donors (Lipinski definition) is 4. The fourth-order valence-electron chi connectivity index (χ4n) is 9.76. The van der Waals surface area contributed by atoms with Gasteiger partial charge in [0.15, 0.2) is 0 Å². The van der Waals surface area contributed by atoms with Crippen LogP contribution in [0.25, 0.3) is 0 Å². The number of aliphatic hydroxyl groups is 3. The Morgan fingerprint density at radius 3 is 2.59 bits per heavy atom. The second-order valence-corrected chi connectivity index (χ2v) is 13.7. The molecule has 0 spiro atoms. The summed E-state index contributed by atoms with van der Waals surface area (Å²) in [5, 5.41) is 36.4. The summed E-state index contributed by atoms with van der Waals surface area (Å²) in [7, 11) is 1.33. The molecule has 7 nitrogen and oxygen atoms in total. The molecule has 1 aromatic carbocycles. The number of methoxy groups -OCH3 is 1. The van der Waals surface area contributed by atoms with Crippen LogP contribution < -0.4 is 5.32 Å². The van der Waals surface area contributed by atoms with Crippen molar-refractivity contribution in [3.05, 3.63) is 29.8 Å². The van der Waals surface area contributed by atoms with Crippen LogP contribution in [0.15, 0.2) is 24.3 Å². The summed E-state index contributed by atoms with van der Waals surface area (Å²) >= 11 is 0. The van der Waals surface area contributed by atoms with Crippen molar-refractivity contribution in [3.8, 4) is 0 Å². The first kappa shape index (κ1) is 28.6. The first-order valence-corrected chi connectivity index (χ1v) is 15.0. The Kier molecular flexibility index (Phi) is 7.90. The summed E-state index contributed by atoms with van der Waals surface area (Å²) in [6.07, 6.45) is 6.07. The Morgan fingerprint density at radius 1 is 1.08 bits per heavy atom. The minimum Gasteiger partial charge on any atom is -0.465 e. The van der Waals surface area contributed by atoms with Gasteiger partial charge in [-0.3, -0.25) is 4.79 Å². The third-order valence-electron chi connectivity index (χ3n) is 11.9. The number of nitrogens with one attached hydrogen (secondary N) is 1. The molecule has 216 valence electrons. The zero-order chi connectivity index (χ0) is 28.1. The largest absolute Gasteiger partial charge is 0.465 e. The van der Waals surface area contributed by atoms with Crippen LogP contribution in [0.3, 0.4) is 0 Å². The van der Waals surface area contributed by atoms with E-state index >= 15 is 0 Å². The van der Waals surface area contributed by atoms with Crippen molar-refractivity contribution in [2.45, 2.75) is 96.9 Å². The number of carbonyl (C=O) groups is 2. The molecule has 4 aliphatic carbocycles. The van der Waals surface area contributed by atoms with Gasteiger partial charge in [0.1, 0.15) is 0 Å². The van der Waals surface area contributed by atoms with Crippen LogP contribution in [0.5, 0.6) is 0 Å². The molecule has 4 N–H and O–H groups in total. The summed E-state index contributed by atoms with van der Waals surface area (Å²) in [4.78, 5) is 24.6. The molecule has 1 amide bonds. The van der Waals surface area contributed by atoms with E-state index in [9.17, 15) is 24.9 Å².